The summed E-state index contributed by atoms with van der Waals surface area (Å²) in [7, 11) is 0. The van der Waals surface area contributed by atoms with Gasteiger partial charge in [-0.1, -0.05) is 27.7 Å². The largest absolute Gasteiger partial charge is 0.234 e. The van der Waals surface area contributed by atoms with Crippen LogP contribution in [0.1, 0.15) is 39.1 Å². The smallest absolute Gasteiger partial charge is 0.210 e. The Morgan fingerprint density at radius 3 is 2.50 bits per heavy atom. The van der Waals surface area contributed by atoms with Crippen LogP contribution in [0.2, 0.25) is 5.28 Å². The Hall–Kier alpha value is -0.150. The van der Waals surface area contributed by atoms with Crippen LogP contribution in [-0.2, 0) is 6.42 Å². The lowest BCUT2D eigenvalue weighted by molar-refractivity contribution is 0.306. The van der Waals surface area contributed by atoms with Crippen molar-refractivity contribution >= 4 is 23.1 Å². The van der Waals surface area contributed by atoms with Crippen LogP contribution >= 0.6 is 23.1 Å². The van der Waals surface area contributed by atoms with Crippen LogP contribution in [0.25, 0.3) is 0 Å². The molecule has 0 bridgehead atoms. The minimum absolute atomic E-state index is 0.382. The first kappa shape index (κ1) is 11.9. The average molecular weight is 233 g/mol. The number of nitrogens with zero attached hydrogens (tertiary/aromatic N) is 2. The number of halogens is 1. The van der Waals surface area contributed by atoms with E-state index in [1.54, 1.807) is 0 Å². The van der Waals surface area contributed by atoms with Gasteiger partial charge < -0.3 is 0 Å². The predicted molar refractivity (Wildman–Crippen MR) is 61.9 cm³/mol. The van der Waals surface area contributed by atoms with Gasteiger partial charge in [-0.05, 0) is 40.9 Å². The molecule has 1 aromatic heterocycles. The first-order valence-corrected chi connectivity index (χ1v) is 6.00. The lowest BCUT2D eigenvalue weighted by Gasteiger charge is -2.22. The molecule has 0 spiro atoms. The van der Waals surface area contributed by atoms with Gasteiger partial charge in [-0.2, -0.15) is 4.37 Å². The van der Waals surface area contributed by atoms with Gasteiger partial charge in [-0.15, -0.1) is 0 Å². The maximum atomic E-state index is 5.67. The molecule has 0 saturated carbocycles. The highest BCUT2D eigenvalue weighted by atomic mass is 35.5. The number of rotatable bonds is 3. The molecule has 1 heterocycles. The highest BCUT2D eigenvalue weighted by molar-refractivity contribution is 7.05. The lowest BCUT2D eigenvalue weighted by atomic mass is 9.84. The molecule has 0 aliphatic rings. The van der Waals surface area contributed by atoms with E-state index in [2.05, 4.69) is 37.1 Å². The molecule has 1 aromatic rings. The fourth-order valence-electron chi connectivity index (χ4n) is 1.73. The first-order chi connectivity index (χ1) is 6.37. The standard InChI is InChI=1S/C10H17ClN2S/c1-7(6-10(2,3)4)5-8-12-9(11)13-14-8/h7H,5-6H2,1-4H3. The van der Waals surface area contributed by atoms with Crippen molar-refractivity contribution in [1.29, 1.82) is 0 Å². The number of hydrogen-bond donors (Lipinski definition) is 0. The van der Waals surface area contributed by atoms with Crippen molar-refractivity contribution in [1.82, 2.24) is 9.36 Å². The fraction of sp³-hybridized carbons (Fsp3) is 0.800. The van der Waals surface area contributed by atoms with E-state index in [-0.39, 0.29) is 0 Å². The molecule has 0 fully saturated rings. The van der Waals surface area contributed by atoms with Crippen molar-refractivity contribution in [2.75, 3.05) is 0 Å². The molecule has 0 saturated heterocycles. The molecule has 0 radical (unpaired) electrons. The highest BCUT2D eigenvalue weighted by Gasteiger charge is 2.16. The molecular formula is C10H17ClN2S. The minimum Gasteiger partial charge on any atom is -0.210 e. The summed E-state index contributed by atoms with van der Waals surface area (Å²) in [6, 6.07) is 0. The third kappa shape index (κ3) is 4.38. The SMILES string of the molecule is CC(Cc1nc(Cl)ns1)CC(C)(C)C. The van der Waals surface area contributed by atoms with Gasteiger partial charge in [0.15, 0.2) is 0 Å². The fourth-order valence-corrected chi connectivity index (χ4v) is 2.70. The van der Waals surface area contributed by atoms with E-state index in [0.717, 1.165) is 11.4 Å². The summed E-state index contributed by atoms with van der Waals surface area (Å²) in [5, 5.41) is 1.43. The molecule has 0 aromatic carbocycles. The maximum absolute atomic E-state index is 5.67. The molecular weight excluding hydrogens is 216 g/mol. The Balaban J connectivity index is 2.45. The molecule has 0 aliphatic carbocycles. The average Bonchev–Trinajstić information content (AvgIpc) is 2.30. The second-order valence-corrected chi connectivity index (χ2v) is 6.21. The van der Waals surface area contributed by atoms with E-state index in [1.807, 2.05) is 0 Å². The zero-order chi connectivity index (χ0) is 10.8. The van der Waals surface area contributed by atoms with Gasteiger partial charge in [0, 0.05) is 6.42 Å². The first-order valence-electron chi connectivity index (χ1n) is 4.85. The van der Waals surface area contributed by atoms with E-state index < -0.39 is 0 Å². The second-order valence-electron chi connectivity index (χ2n) is 5.03. The van der Waals surface area contributed by atoms with Crippen molar-refractivity contribution < 1.29 is 0 Å². The van der Waals surface area contributed by atoms with Crippen LogP contribution in [0.4, 0.5) is 0 Å². The van der Waals surface area contributed by atoms with Crippen molar-refractivity contribution in [2.24, 2.45) is 11.3 Å². The van der Waals surface area contributed by atoms with Gasteiger partial charge in [0.2, 0.25) is 5.28 Å². The number of aromatic nitrogens is 2. The molecule has 4 heteroatoms. The normalized spacial score (nSPS) is 14.4. The van der Waals surface area contributed by atoms with Gasteiger partial charge in [0.25, 0.3) is 0 Å². The zero-order valence-electron chi connectivity index (χ0n) is 9.17. The van der Waals surface area contributed by atoms with Crippen molar-refractivity contribution in [3.8, 4) is 0 Å². The molecule has 0 amide bonds. The monoisotopic (exact) mass is 232 g/mol. The number of hydrogen-bond acceptors (Lipinski definition) is 3. The predicted octanol–water partition coefficient (Wildman–Crippen LogP) is 3.81. The molecule has 14 heavy (non-hydrogen) atoms. The molecule has 0 aliphatic heterocycles. The minimum atomic E-state index is 0.382. The summed E-state index contributed by atoms with van der Waals surface area (Å²) in [4.78, 5) is 4.15. The third-order valence-corrected chi connectivity index (χ3v) is 2.93. The topological polar surface area (TPSA) is 25.8 Å². The van der Waals surface area contributed by atoms with Crippen molar-refractivity contribution in [2.45, 2.75) is 40.5 Å². The second kappa shape index (κ2) is 4.58. The van der Waals surface area contributed by atoms with Gasteiger partial charge in [-0.25, -0.2) is 4.98 Å². The van der Waals surface area contributed by atoms with E-state index in [1.165, 1.54) is 18.0 Å². The Morgan fingerprint density at radius 2 is 2.07 bits per heavy atom. The molecule has 1 unspecified atom stereocenters. The highest BCUT2D eigenvalue weighted by Crippen LogP contribution is 2.26. The Labute approximate surface area is 94.9 Å². The summed E-state index contributed by atoms with van der Waals surface area (Å²) in [5.41, 5.74) is 0.383. The van der Waals surface area contributed by atoms with Crippen LogP contribution in [0, 0.1) is 11.3 Å². The van der Waals surface area contributed by atoms with E-state index in [0.29, 0.717) is 16.6 Å². The van der Waals surface area contributed by atoms with Crippen molar-refractivity contribution in [3.63, 3.8) is 0 Å². The zero-order valence-corrected chi connectivity index (χ0v) is 10.7. The molecule has 1 rings (SSSR count). The third-order valence-electron chi connectivity index (χ3n) is 1.93. The quantitative estimate of drug-likeness (QED) is 0.792. The summed E-state index contributed by atoms with van der Waals surface area (Å²) in [5.74, 6) is 0.638. The van der Waals surface area contributed by atoms with Crippen molar-refractivity contribution in [3.05, 3.63) is 10.3 Å². The summed E-state index contributed by atoms with van der Waals surface area (Å²) >= 11 is 7.08. The molecule has 1 atom stereocenters. The van der Waals surface area contributed by atoms with E-state index in [4.69, 9.17) is 11.6 Å². The van der Waals surface area contributed by atoms with Crippen LogP contribution in [0.3, 0.4) is 0 Å². The van der Waals surface area contributed by atoms with E-state index in [9.17, 15) is 0 Å². The van der Waals surface area contributed by atoms with Gasteiger partial charge >= 0.3 is 0 Å². The van der Waals surface area contributed by atoms with Crippen LogP contribution in [-0.4, -0.2) is 9.36 Å². The Kier molecular flexibility index (Phi) is 3.90. The van der Waals surface area contributed by atoms with Crippen LogP contribution in [0.5, 0.6) is 0 Å². The van der Waals surface area contributed by atoms with Crippen LogP contribution < -0.4 is 0 Å². The van der Waals surface area contributed by atoms with E-state index >= 15 is 0 Å². The molecule has 2 nitrogen and oxygen atoms in total. The van der Waals surface area contributed by atoms with Crippen LogP contribution in [0.15, 0.2) is 0 Å². The lowest BCUT2D eigenvalue weighted by Crippen LogP contribution is -2.12. The van der Waals surface area contributed by atoms with Gasteiger partial charge in [0.05, 0.1) is 0 Å². The summed E-state index contributed by atoms with van der Waals surface area (Å²) in [6.45, 7) is 9.03. The Bertz CT molecular complexity index is 291. The van der Waals surface area contributed by atoms with Gasteiger partial charge in [-0.3, -0.25) is 0 Å². The molecule has 0 N–H and O–H groups in total. The van der Waals surface area contributed by atoms with Gasteiger partial charge in [0.1, 0.15) is 5.01 Å². The maximum Gasteiger partial charge on any atom is 0.234 e. The summed E-state index contributed by atoms with van der Waals surface area (Å²) in [6.07, 6.45) is 2.19. The Morgan fingerprint density at radius 1 is 1.43 bits per heavy atom. The molecule has 80 valence electrons. The summed E-state index contributed by atoms with van der Waals surface area (Å²) < 4.78 is 3.96.